The van der Waals surface area contributed by atoms with Crippen LogP contribution in [-0.4, -0.2) is 24.0 Å². The molecule has 0 aromatic carbocycles. The summed E-state index contributed by atoms with van der Waals surface area (Å²) in [5.74, 6) is -0.833. The highest BCUT2D eigenvalue weighted by atomic mass is 32.1. The number of carbonyl (C=O) groups is 2. The summed E-state index contributed by atoms with van der Waals surface area (Å²) in [6.07, 6.45) is 4.47. The molecule has 0 radical (unpaired) electrons. The number of esters is 1. The van der Waals surface area contributed by atoms with Gasteiger partial charge in [-0.25, -0.2) is 0 Å². The van der Waals surface area contributed by atoms with Gasteiger partial charge in [0.25, 0.3) is 5.91 Å². The summed E-state index contributed by atoms with van der Waals surface area (Å²) in [6.45, 7) is -0.326. The van der Waals surface area contributed by atoms with Crippen molar-refractivity contribution in [2.24, 2.45) is 0 Å². The molecule has 1 aromatic heterocycles. The van der Waals surface area contributed by atoms with Crippen LogP contribution in [0.4, 0.5) is 0 Å². The molecule has 1 aliphatic carbocycles. The van der Waals surface area contributed by atoms with E-state index < -0.39 is 17.4 Å². The van der Waals surface area contributed by atoms with Gasteiger partial charge in [-0.3, -0.25) is 9.59 Å². The molecule has 1 aliphatic rings. The van der Waals surface area contributed by atoms with Crippen LogP contribution >= 0.6 is 11.3 Å². The first-order valence-corrected chi connectivity index (χ1v) is 7.92. The second kappa shape index (κ2) is 7.23. The number of hydrogen-bond donors (Lipinski definition) is 1. The average Bonchev–Trinajstić information content (AvgIpc) is 2.99. The van der Waals surface area contributed by atoms with Gasteiger partial charge in [0, 0.05) is 4.88 Å². The van der Waals surface area contributed by atoms with Crippen LogP contribution in [0.2, 0.25) is 0 Å². The Bertz CT molecular complexity index is 528. The van der Waals surface area contributed by atoms with Crippen molar-refractivity contribution < 1.29 is 14.3 Å². The number of rotatable bonds is 5. The molecule has 0 spiro atoms. The van der Waals surface area contributed by atoms with Crippen LogP contribution in [0.5, 0.6) is 0 Å². The Balaban J connectivity index is 1.76. The molecule has 0 unspecified atom stereocenters. The van der Waals surface area contributed by atoms with E-state index in [1.807, 2.05) is 17.5 Å². The number of nitrogens with zero attached hydrogens (tertiary/aromatic N) is 1. The van der Waals surface area contributed by atoms with Crippen LogP contribution in [0.15, 0.2) is 17.5 Å². The summed E-state index contributed by atoms with van der Waals surface area (Å²) in [4.78, 5) is 24.3. The maximum atomic E-state index is 11.8. The standard InChI is InChI=1S/C15H18N2O3S/c16-11-15(6-2-1-3-7-15)17-13(18)10-20-14(19)9-12-5-4-8-21-12/h4-5,8H,1-3,6-7,9-10H2,(H,17,18). The fourth-order valence-electron chi connectivity index (χ4n) is 2.48. The number of ether oxygens (including phenoxy) is 1. The van der Waals surface area contributed by atoms with Crippen LogP contribution in [-0.2, 0) is 20.7 Å². The van der Waals surface area contributed by atoms with Crippen molar-refractivity contribution in [1.29, 1.82) is 5.26 Å². The first-order valence-electron chi connectivity index (χ1n) is 7.04. The third kappa shape index (κ3) is 4.57. The Hall–Kier alpha value is -1.87. The van der Waals surface area contributed by atoms with Crippen molar-refractivity contribution in [3.05, 3.63) is 22.4 Å². The van der Waals surface area contributed by atoms with E-state index in [0.717, 1.165) is 24.1 Å². The van der Waals surface area contributed by atoms with Gasteiger partial charge in [0.2, 0.25) is 0 Å². The van der Waals surface area contributed by atoms with Gasteiger partial charge in [-0.2, -0.15) is 5.26 Å². The van der Waals surface area contributed by atoms with E-state index in [-0.39, 0.29) is 13.0 Å². The minimum Gasteiger partial charge on any atom is -0.455 e. The van der Waals surface area contributed by atoms with E-state index in [2.05, 4.69) is 11.4 Å². The quantitative estimate of drug-likeness (QED) is 0.846. The molecule has 1 heterocycles. The van der Waals surface area contributed by atoms with Crippen molar-refractivity contribution in [1.82, 2.24) is 5.32 Å². The lowest BCUT2D eigenvalue weighted by atomic mass is 9.83. The van der Waals surface area contributed by atoms with Gasteiger partial charge in [-0.05, 0) is 24.3 Å². The third-order valence-electron chi connectivity index (χ3n) is 3.56. The Morgan fingerprint density at radius 1 is 1.38 bits per heavy atom. The molecule has 2 rings (SSSR count). The maximum Gasteiger partial charge on any atom is 0.311 e. The van der Waals surface area contributed by atoms with Gasteiger partial charge >= 0.3 is 5.97 Å². The fourth-order valence-corrected chi connectivity index (χ4v) is 3.17. The molecule has 1 aromatic rings. The first-order chi connectivity index (χ1) is 10.1. The molecule has 0 atom stereocenters. The number of amides is 1. The molecule has 0 bridgehead atoms. The average molecular weight is 306 g/mol. The van der Waals surface area contributed by atoms with E-state index in [1.54, 1.807) is 0 Å². The fraction of sp³-hybridized carbons (Fsp3) is 0.533. The van der Waals surface area contributed by atoms with Crippen molar-refractivity contribution >= 4 is 23.2 Å². The summed E-state index contributed by atoms with van der Waals surface area (Å²) in [7, 11) is 0. The molecule has 6 heteroatoms. The molecule has 5 nitrogen and oxygen atoms in total. The van der Waals surface area contributed by atoms with Gasteiger partial charge < -0.3 is 10.1 Å². The number of nitrogens with one attached hydrogen (secondary N) is 1. The van der Waals surface area contributed by atoms with Gasteiger partial charge in [0.1, 0.15) is 5.54 Å². The lowest BCUT2D eigenvalue weighted by molar-refractivity contribution is -0.148. The van der Waals surface area contributed by atoms with Crippen molar-refractivity contribution in [3.63, 3.8) is 0 Å². The Kier molecular flexibility index (Phi) is 5.34. The predicted octanol–water partition coefficient (Wildman–Crippen LogP) is 2.18. The lowest BCUT2D eigenvalue weighted by Crippen LogP contribution is -2.50. The molecule has 1 saturated carbocycles. The molecule has 21 heavy (non-hydrogen) atoms. The topological polar surface area (TPSA) is 79.2 Å². The summed E-state index contributed by atoms with van der Waals surface area (Å²) in [5.41, 5.74) is -0.782. The number of hydrogen-bond acceptors (Lipinski definition) is 5. The van der Waals surface area contributed by atoms with Crippen LogP contribution in [0.25, 0.3) is 0 Å². The molecular weight excluding hydrogens is 288 g/mol. The first kappa shape index (κ1) is 15.5. The van der Waals surface area contributed by atoms with Crippen LogP contribution < -0.4 is 5.32 Å². The lowest BCUT2D eigenvalue weighted by Gasteiger charge is -2.31. The number of carbonyl (C=O) groups excluding carboxylic acids is 2. The summed E-state index contributed by atoms with van der Waals surface area (Å²) < 4.78 is 4.95. The zero-order chi connectivity index (χ0) is 15.1. The van der Waals surface area contributed by atoms with E-state index in [9.17, 15) is 14.9 Å². The second-order valence-corrected chi connectivity index (χ2v) is 6.25. The molecule has 1 amide bonds. The summed E-state index contributed by atoms with van der Waals surface area (Å²) >= 11 is 1.47. The highest BCUT2D eigenvalue weighted by Gasteiger charge is 2.33. The highest BCUT2D eigenvalue weighted by molar-refractivity contribution is 7.10. The van der Waals surface area contributed by atoms with E-state index in [1.165, 1.54) is 11.3 Å². The minimum absolute atomic E-state index is 0.175. The molecule has 0 aliphatic heterocycles. The molecule has 0 saturated heterocycles. The predicted molar refractivity (Wildman–Crippen MR) is 78.6 cm³/mol. The van der Waals surface area contributed by atoms with Gasteiger partial charge in [-0.1, -0.05) is 25.3 Å². The Morgan fingerprint density at radius 2 is 2.14 bits per heavy atom. The van der Waals surface area contributed by atoms with Crippen LogP contribution in [0.3, 0.4) is 0 Å². The van der Waals surface area contributed by atoms with Crippen LogP contribution in [0.1, 0.15) is 37.0 Å². The SMILES string of the molecule is N#CC1(NC(=O)COC(=O)Cc2cccs2)CCCCC1. The van der Waals surface area contributed by atoms with Gasteiger partial charge in [0.05, 0.1) is 12.5 Å². The number of thiophene rings is 1. The molecule has 1 fully saturated rings. The Morgan fingerprint density at radius 3 is 2.76 bits per heavy atom. The zero-order valence-electron chi connectivity index (χ0n) is 11.8. The van der Waals surface area contributed by atoms with Crippen molar-refractivity contribution in [2.45, 2.75) is 44.1 Å². The van der Waals surface area contributed by atoms with E-state index in [4.69, 9.17) is 4.74 Å². The van der Waals surface area contributed by atoms with Crippen LogP contribution in [0, 0.1) is 11.3 Å². The van der Waals surface area contributed by atoms with Crippen molar-refractivity contribution in [2.75, 3.05) is 6.61 Å². The largest absolute Gasteiger partial charge is 0.455 e. The maximum absolute atomic E-state index is 11.8. The summed E-state index contributed by atoms with van der Waals surface area (Å²) in [5, 5.41) is 13.9. The zero-order valence-corrected chi connectivity index (χ0v) is 12.6. The van der Waals surface area contributed by atoms with Gasteiger partial charge in [-0.15, -0.1) is 11.3 Å². The number of nitriles is 1. The molecular formula is C15H18N2O3S. The van der Waals surface area contributed by atoms with E-state index >= 15 is 0 Å². The minimum atomic E-state index is -0.782. The second-order valence-electron chi connectivity index (χ2n) is 5.22. The highest BCUT2D eigenvalue weighted by Crippen LogP contribution is 2.27. The summed E-state index contributed by atoms with van der Waals surface area (Å²) in [6, 6.07) is 5.91. The Labute approximate surface area is 127 Å². The third-order valence-corrected chi connectivity index (χ3v) is 4.44. The smallest absolute Gasteiger partial charge is 0.311 e. The van der Waals surface area contributed by atoms with Gasteiger partial charge in [0.15, 0.2) is 6.61 Å². The van der Waals surface area contributed by atoms with E-state index in [0.29, 0.717) is 12.8 Å². The molecule has 112 valence electrons. The normalized spacial score (nSPS) is 16.7. The monoisotopic (exact) mass is 306 g/mol. The van der Waals surface area contributed by atoms with Crippen molar-refractivity contribution in [3.8, 4) is 6.07 Å². The molecule has 1 N–H and O–H groups in total.